The van der Waals surface area contributed by atoms with Crippen LogP contribution >= 0.6 is 22.9 Å². The molecule has 4 aromatic rings. The maximum Gasteiger partial charge on any atom is 0.301 e. The summed E-state index contributed by atoms with van der Waals surface area (Å²) in [7, 11) is 1.51. The Kier molecular flexibility index (Phi) is 6.38. The summed E-state index contributed by atoms with van der Waals surface area (Å²) in [6.07, 6.45) is 0. The molecule has 5 rings (SSSR count). The van der Waals surface area contributed by atoms with Gasteiger partial charge < -0.3 is 14.6 Å². The number of ether oxygens (including phenoxy) is 2. The van der Waals surface area contributed by atoms with E-state index >= 15 is 0 Å². The van der Waals surface area contributed by atoms with Crippen LogP contribution in [-0.2, 0) is 9.59 Å². The third kappa shape index (κ3) is 4.19. The molecule has 2 heterocycles. The first-order chi connectivity index (χ1) is 17.4. The van der Waals surface area contributed by atoms with Crippen LogP contribution in [0.25, 0.3) is 16.0 Å². The summed E-state index contributed by atoms with van der Waals surface area (Å²) in [6.45, 7) is 2.42. The Balaban J connectivity index is 1.70. The molecule has 0 bridgehead atoms. The van der Waals surface area contributed by atoms with Crippen molar-refractivity contribution in [3.63, 3.8) is 0 Å². The van der Waals surface area contributed by atoms with E-state index in [0.29, 0.717) is 44.9 Å². The van der Waals surface area contributed by atoms with Gasteiger partial charge in [-0.3, -0.25) is 14.5 Å². The minimum absolute atomic E-state index is 0.0511. The van der Waals surface area contributed by atoms with Gasteiger partial charge in [0.2, 0.25) is 0 Å². The van der Waals surface area contributed by atoms with Gasteiger partial charge >= 0.3 is 5.91 Å². The van der Waals surface area contributed by atoms with Crippen LogP contribution in [-0.4, -0.2) is 35.5 Å². The fourth-order valence-corrected chi connectivity index (χ4v) is 5.42. The molecule has 1 amide bonds. The van der Waals surface area contributed by atoms with E-state index < -0.39 is 17.7 Å². The molecule has 0 saturated carbocycles. The molecule has 1 aromatic heterocycles. The van der Waals surface area contributed by atoms with Gasteiger partial charge in [-0.25, -0.2) is 4.98 Å². The second-order valence-corrected chi connectivity index (χ2v) is 9.46. The minimum atomic E-state index is -0.929. The van der Waals surface area contributed by atoms with Crippen molar-refractivity contribution < 1.29 is 24.2 Å². The molecule has 1 unspecified atom stereocenters. The lowest BCUT2D eigenvalue weighted by Gasteiger charge is -2.23. The van der Waals surface area contributed by atoms with Crippen molar-refractivity contribution in [1.82, 2.24) is 4.98 Å². The van der Waals surface area contributed by atoms with Crippen molar-refractivity contribution in [3.05, 3.63) is 88.5 Å². The lowest BCUT2D eigenvalue weighted by Crippen LogP contribution is -2.29. The maximum atomic E-state index is 13.4. The molecule has 9 heteroatoms. The fourth-order valence-electron chi connectivity index (χ4n) is 4.20. The van der Waals surface area contributed by atoms with Crippen molar-refractivity contribution in [2.24, 2.45) is 0 Å². The summed E-state index contributed by atoms with van der Waals surface area (Å²) in [4.78, 5) is 32.7. The Morgan fingerprint density at radius 2 is 1.89 bits per heavy atom. The molecule has 1 atom stereocenters. The van der Waals surface area contributed by atoms with Gasteiger partial charge in [0.15, 0.2) is 5.13 Å². The van der Waals surface area contributed by atoms with Gasteiger partial charge in [0, 0.05) is 10.6 Å². The first-order valence-electron chi connectivity index (χ1n) is 11.2. The molecular formula is C27H21ClN2O5S. The van der Waals surface area contributed by atoms with Gasteiger partial charge in [0.25, 0.3) is 5.78 Å². The number of amides is 1. The Hall–Kier alpha value is -3.88. The van der Waals surface area contributed by atoms with Crippen LogP contribution in [0.4, 0.5) is 5.13 Å². The monoisotopic (exact) mass is 520 g/mol. The first-order valence-corrected chi connectivity index (χ1v) is 12.3. The van der Waals surface area contributed by atoms with Crippen LogP contribution in [0.2, 0.25) is 5.02 Å². The Bertz CT molecular complexity index is 1530. The van der Waals surface area contributed by atoms with E-state index in [-0.39, 0.29) is 11.3 Å². The van der Waals surface area contributed by atoms with Gasteiger partial charge in [-0.15, -0.1) is 0 Å². The van der Waals surface area contributed by atoms with E-state index in [4.69, 9.17) is 21.1 Å². The number of carbonyl (C=O) groups is 2. The lowest BCUT2D eigenvalue weighted by molar-refractivity contribution is -0.132. The van der Waals surface area contributed by atoms with E-state index in [9.17, 15) is 14.7 Å². The summed E-state index contributed by atoms with van der Waals surface area (Å²) in [5, 5.41) is 12.1. The highest BCUT2D eigenvalue weighted by Crippen LogP contribution is 2.45. The number of benzene rings is 3. The number of nitrogens with zero attached hydrogens (tertiary/aromatic N) is 2. The normalized spacial score (nSPS) is 17.1. The number of halogens is 1. The number of Topliss-reactive ketones (excluding diaryl/α,β-unsaturated/α-hetero) is 1. The van der Waals surface area contributed by atoms with Gasteiger partial charge in [-0.05, 0) is 55.0 Å². The van der Waals surface area contributed by atoms with Gasteiger partial charge in [-0.2, -0.15) is 0 Å². The van der Waals surface area contributed by atoms with Crippen molar-refractivity contribution in [2.45, 2.75) is 13.0 Å². The standard InChI is InChI=1S/C27H21ClN2O5S/c1-3-35-19-10-11-20-21(14-19)36-27(29-20)30-23(15-6-4-8-17(28)12-15)22(25(32)26(30)33)24(31)16-7-5-9-18(13-16)34-2/h4-14,23,31H,3H2,1-2H3. The van der Waals surface area contributed by atoms with E-state index in [1.807, 2.05) is 19.1 Å². The quantitative estimate of drug-likeness (QED) is 0.191. The van der Waals surface area contributed by atoms with Crippen LogP contribution in [0.1, 0.15) is 24.1 Å². The molecule has 1 fully saturated rings. The number of fused-ring (bicyclic) bond motifs is 1. The molecule has 182 valence electrons. The number of hydrogen-bond acceptors (Lipinski definition) is 7. The smallest absolute Gasteiger partial charge is 0.301 e. The van der Waals surface area contributed by atoms with Crippen LogP contribution in [0.15, 0.2) is 72.3 Å². The van der Waals surface area contributed by atoms with Gasteiger partial charge in [-0.1, -0.05) is 47.2 Å². The number of rotatable bonds is 6. The molecule has 7 nitrogen and oxygen atoms in total. The molecule has 1 aliphatic rings. The molecular weight excluding hydrogens is 500 g/mol. The zero-order valence-electron chi connectivity index (χ0n) is 19.4. The minimum Gasteiger partial charge on any atom is -0.507 e. The van der Waals surface area contributed by atoms with Crippen molar-refractivity contribution in [3.8, 4) is 11.5 Å². The summed E-state index contributed by atoms with van der Waals surface area (Å²) in [5.41, 5.74) is 1.54. The molecule has 36 heavy (non-hydrogen) atoms. The first kappa shape index (κ1) is 23.8. The molecule has 1 saturated heterocycles. The molecule has 0 radical (unpaired) electrons. The van der Waals surface area contributed by atoms with Crippen LogP contribution in [0, 0.1) is 0 Å². The highest BCUT2D eigenvalue weighted by Gasteiger charge is 2.48. The third-order valence-electron chi connectivity index (χ3n) is 5.82. The van der Waals surface area contributed by atoms with E-state index in [1.54, 1.807) is 54.6 Å². The predicted octanol–water partition coefficient (Wildman–Crippen LogP) is 5.98. The molecule has 3 aromatic carbocycles. The van der Waals surface area contributed by atoms with Crippen LogP contribution in [0.5, 0.6) is 11.5 Å². The zero-order valence-corrected chi connectivity index (χ0v) is 21.0. The average Bonchev–Trinajstić information content (AvgIpc) is 3.41. The summed E-state index contributed by atoms with van der Waals surface area (Å²) >= 11 is 7.54. The van der Waals surface area contributed by atoms with Crippen molar-refractivity contribution in [1.29, 1.82) is 0 Å². The lowest BCUT2D eigenvalue weighted by atomic mass is 9.95. The van der Waals surface area contributed by atoms with Gasteiger partial charge in [0.1, 0.15) is 17.3 Å². The second-order valence-electron chi connectivity index (χ2n) is 8.02. The number of aliphatic hydroxyl groups excluding tert-OH is 1. The molecule has 1 N–H and O–H groups in total. The van der Waals surface area contributed by atoms with E-state index in [1.165, 1.54) is 23.3 Å². The summed E-state index contributed by atoms with van der Waals surface area (Å²) in [5.74, 6) is -0.710. The Labute approximate surface area is 216 Å². The fraction of sp³-hybridized carbons (Fsp3) is 0.148. The predicted molar refractivity (Wildman–Crippen MR) is 140 cm³/mol. The topological polar surface area (TPSA) is 89.0 Å². The largest absolute Gasteiger partial charge is 0.507 e. The number of hydrogen-bond donors (Lipinski definition) is 1. The number of anilines is 1. The number of ketones is 1. The number of carbonyl (C=O) groups excluding carboxylic acids is 2. The number of aliphatic hydroxyl groups is 1. The maximum absolute atomic E-state index is 13.4. The van der Waals surface area contributed by atoms with E-state index in [2.05, 4.69) is 4.98 Å². The average molecular weight is 521 g/mol. The molecule has 0 aliphatic carbocycles. The third-order valence-corrected chi connectivity index (χ3v) is 7.07. The number of aromatic nitrogens is 1. The van der Waals surface area contributed by atoms with Gasteiger partial charge in [0.05, 0.1) is 35.5 Å². The Morgan fingerprint density at radius 3 is 2.64 bits per heavy atom. The molecule has 0 spiro atoms. The Morgan fingerprint density at radius 1 is 1.08 bits per heavy atom. The summed E-state index contributed by atoms with van der Waals surface area (Å²) < 4.78 is 11.6. The number of methoxy groups -OCH3 is 1. The van der Waals surface area contributed by atoms with Crippen LogP contribution in [0.3, 0.4) is 0 Å². The zero-order chi connectivity index (χ0) is 25.4. The summed E-state index contributed by atoms with van der Waals surface area (Å²) in [6, 6.07) is 18.1. The highest BCUT2D eigenvalue weighted by atomic mass is 35.5. The van der Waals surface area contributed by atoms with Crippen molar-refractivity contribution in [2.75, 3.05) is 18.6 Å². The molecule has 1 aliphatic heterocycles. The van der Waals surface area contributed by atoms with Crippen LogP contribution < -0.4 is 14.4 Å². The number of thiazole rings is 1. The van der Waals surface area contributed by atoms with E-state index in [0.717, 1.165) is 4.70 Å². The second kappa shape index (κ2) is 9.64. The SMILES string of the molecule is CCOc1ccc2nc(N3C(=O)C(=O)C(=C(O)c4cccc(OC)c4)C3c3cccc(Cl)c3)sc2c1. The highest BCUT2D eigenvalue weighted by molar-refractivity contribution is 7.22. The van der Waals surface area contributed by atoms with Crippen molar-refractivity contribution >= 4 is 55.7 Å².